The first-order valence-electron chi connectivity index (χ1n) is 9.66. The molecule has 10 heteroatoms. The second kappa shape index (κ2) is 10.2. The van der Waals surface area contributed by atoms with Crippen LogP contribution in [0, 0.1) is 5.82 Å². The predicted molar refractivity (Wildman–Crippen MR) is 112 cm³/mol. The van der Waals surface area contributed by atoms with Crippen molar-refractivity contribution in [3.8, 4) is 5.75 Å². The van der Waals surface area contributed by atoms with Crippen LogP contribution in [0.1, 0.15) is 40.4 Å². The van der Waals surface area contributed by atoms with Crippen LogP contribution in [-0.4, -0.2) is 27.1 Å². The quantitative estimate of drug-likeness (QED) is 0.446. The summed E-state index contributed by atoms with van der Waals surface area (Å²) in [6.07, 6.45) is -0.751. The van der Waals surface area contributed by atoms with Crippen LogP contribution in [0.4, 0.5) is 9.18 Å². The number of benzene rings is 2. The van der Waals surface area contributed by atoms with Crippen molar-refractivity contribution in [2.24, 2.45) is 0 Å². The first kappa shape index (κ1) is 22.5. The summed E-state index contributed by atoms with van der Waals surface area (Å²) in [6, 6.07) is 13.7. The van der Waals surface area contributed by atoms with Crippen molar-refractivity contribution >= 4 is 12.0 Å². The molecule has 4 N–H and O–H groups in total. The number of aromatic hydroxyl groups is 1. The van der Waals surface area contributed by atoms with Crippen molar-refractivity contribution in [1.29, 1.82) is 0 Å². The van der Waals surface area contributed by atoms with Crippen LogP contribution in [0.25, 0.3) is 0 Å². The van der Waals surface area contributed by atoms with E-state index in [0.29, 0.717) is 5.56 Å². The van der Waals surface area contributed by atoms with Crippen molar-refractivity contribution in [2.45, 2.75) is 26.1 Å². The Kier molecular flexibility index (Phi) is 7.17. The first-order chi connectivity index (χ1) is 15.3. The Hall–Kier alpha value is -4.21. The van der Waals surface area contributed by atoms with E-state index in [1.807, 2.05) is 18.2 Å². The Bertz CT molecular complexity index is 1150. The van der Waals surface area contributed by atoms with Crippen molar-refractivity contribution in [3.63, 3.8) is 0 Å². The van der Waals surface area contributed by atoms with Gasteiger partial charge in [0.1, 0.15) is 18.2 Å². The summed E-state index contributed by atoms with van der Waals surface area (Å²) in [5, 5.41) is 15.0. The summed E-state index contributed by atoms with van der Waals surface area (Å²) in [6.45, 7) is 1.61. The molecule has 0 aliphatic carbocycles. The molecule has 1 heterocycles. The van der Waals surface area contributed by atoms with Gasteiger partial charge in [-0.15, -0.1) is 0 Å². The molecule has 3 rings (SSSR count). The molecule has 0 spiro atoms. The van der Waals surface area contributed by atoms with E-state index in [0.717, 1.165) is 5.56 Å². The summed E-state index contributed by atoms with van der Waals surface area (Å²) >= 11 is 0. The largest absolute Gasteiger partial charge is 0.501 e. The summed E-state index contributed by atoms with van der Waals surface area (Å²) in [5.41, 5.74) is -0.0301. The standard InChI is InChI=1S/C22H21FN4O5/c1-13(25-22(31)32-12-15-5-3-2-4-6-15)19-26-17(18(28)21(30)27-19)20(29)24-11-14-7-9-16(23)10-8-14/h2-10,13,28H,11-12H2,1H3,(H,24,29)(H,25,31)(H,26,27,30). The van der Waals surface area contributed by atoms with Crippen LogP contribution in [0.2, 0.25) is 0 Å². The van der Waals surface area contributed by atoms with Crippen molar-refractivity contribution in [3.05, 3.63) is 93.4 Å². The number of nitrogens with zero attached hydrogens (tertiary/aromatic N) is 1. The highest BCUT2D eigenvalue weighted by Gasteiger charge is 2.21. The number of alkyl carbamates (subject to hydrolysis) is 1. The Labute approximate surface area is 182 Å². The zero-order chi connectivity index (χ0) is 23.1. The number of aromatic nitrogens is 2. The Morgan fingerprint density at radius 1 is 1.12 bits per heavy atom. The second-order valence-corrected chi connectivity index (χ2v) is 6.89. The highest BCUT2D eigenvalue weighted by atomic mass is 19.1. The minimum Gasteiger partial charge on any atom is -0.501 e. The van der Waals surface area contributed by atoms with Crippen LogP contribution in [0.5, 0.6) is 5.75 Å². The Morgan fingerprint density at radius 3 is 2.50 bits per heavy atom. The maximum Gasteiger partial charge on any atom is 0.408 e. The van der Waals surface area contributed by atoms with Gasteiger partial charge in [-0.25, -0.2) is 14.2 Å². The minimum absolute atomic E-state index is 0.0297. The molecule has 0 saturated heterocycles. The van der Waals surface area contributed by atoms with Gasteiger partial charge in [0, 0.05) is 6.54 Å². The highest BCUT2D eigenvalue weighted by molar-refractivity contribution is 5.94. The van der Waals surface area contributed by atoms with Gasteiger partial charge in [0.25, 0.3) is 11.5 Å². The van der Waals surface area contributed by atoms with Crippen molar-refractivity contribution in [1.82, 2.24) is 20.6 Å². The molecule has 2 amide bonds. The van der Waals surface area contributed by atoms with Gasteiger partial charge in [0.15, 0.2) is 5.69 Å². The summed E-state index contributed by atoms with van der Waals surface area (Å²) in [4.78, 5) is 42.9. The number of amides is 2. The monoisotopic (exact) mass is 440 g/mol. The lowest BCUT2D eigenvalue weighted by Gasteiger charge is -2.15. The number of aromatic amines is 1. The minimum atomic E-state index is -0.937. The van der Waals surface area contributed by atoms with Gasteiger partial charge < -0.3 is 25.5 Å². The van der Waals surface area contributed by atoms with E-state index in [2.05, 4.69) is 20.6 Å². The average Bonchev–Trinajstić information content (AvgIpc) is 2.79. The fraction of sp³-hybridized carbons (Fsp3) is 0.182. The van der Waals surface area contributed by atoms with E-state index in [9.17, 15) is 23.9 Å². The van der Waals surface area contributed by atoms with Crippen LogP contribution in [0.15, 0.2) is 59.4 Å². The molecule has 9 nitrogen and oxygen atoms in total. The van der Waals surface area contributed by atoms with E-state index in [4.69, 9.17) is 4.74 Å². The normalized spacial score (nSPS) is 11.4. The van der Waals surface area contributed by atoms with Crippen molar-refractivity contribution < 1.29 is 23.8 Å². The molecule has 0 saturated carbocycles. The summed E-state index contributed by atoms with van der Waals surface area (Å²) in [7, 11) is 0. The van der Waals surface area contributed by atoms with Gasteiger partial charge in [-0.2, -0.15) is 0 Å². The number of H-pyrrole nitrogens is 1. The fourth-order valence-corrected chi connectivity index (χ4v) is 2.73. The number of hydrogen-bond donors (Lipinski definition) is 4. The lowest BCUT2D eigenvalue weighted by Crippen LogP contribution is -2.32. The second-order valence-electron chi connectivity index (χ2n) is 6.89. The predicted octanol–water partition coefficient (Wildman–Crippen LogP) is 2.53. The van der Waals surface area contributed by atoms with E-state index >= 15 is 0 Å². The van der Waals surface area contributed by atoms with Crippen molar-refractivity contribution in [2.75, 3.05) is 0 Å². The van der Waals surface area contributed by atoms with Crippen LogP contribution in [-0.2, 0) is 17.9 Å². The maximum atomic E-state index is 13.0. The first-order valence-corrected chi connectivity index (χ1v) is 9.66. The fourth-order valence-electron chi connectivity index (χ4n) is 2.73. The number of carbonyl (C=O) groups excluding carboxylic acids is 2. The molecule has 166 valence electrons. The van der Waals surface area contributed by atoms with Crippen LogP contribution >= 0.6 is 0 Å². The van der Waals surface area contributed by atoms with Crippen LogP contribution < -0.4 is 16.2 Å². The van der Waals surface area contributed by atoms with Gasteiger partial charge in [-0.05, 0) is 30.2 Å². The molecule has 32 heavy (non-hydrogen) atoms. The number of carbonyl (C=O) groups is 2. The molecule has 0 aliphatic rings. The zero-order valence-electron chi connectivity index (χ0n) is 17.1. The molecule has 2 aromatic carbocycles. The summed E-state index contributed by atoms with van der Waals surface area (Å²) in [5.74, 6) is -2.12. The smallest absolute Gasteiger partial charge is 0.408 e. The highest BCUT2D eigenvalue weighted by Crippen LogP contribution is 2.13. The molecule has 0 bridgehead atoms. The molecular formula is C22H21FN4O5. The Balaban J connectivity index is 1.65. The van der Waals surface area contributed by atoms with E-state index in [1.165, 1.54) is 31.2 Å². The van der Waals surface area contributed by atoms with E-state index in [-0.39, 0.29) is 19.0 Å². The van der Waals surface area contributed by atoms with Gasteiger partial charge in [-0.1, -0.05) is 42.5 Å². The van der Waals surface area contributed by atoms with Crippen LogP contribution in [0.3, 0.4) is 0 Å². The van der Waals surface area contributed by atoms with Gasteiger partial charge >= 0.3 is 6.09 Å². The molecule has 1 unspecified atom stereocenters. The van der Waals surface area contributed by atoms with E-state index < -0.39 is 40.9 Å². The molecule has 0 aliphatic heterocycles. The zero-order valence-corrected chi connectivity index (χ0v) is 17.1. The van der Waals surface area contributed by atoms with Gasteiger partial charge in [-0.3, -0.25) is 9.59 Å². The number of rotatable bonds is 7. The summed E-state index contributed by atoms with van der Waals surface area (Å²) < 4.78 is 18.1. The van der Waals surface area contributed by atoms with Gasteiger partial charge in [0.2, 0.25) is 5.75 Å². The van der Waals surface area contributed by atoms with Gasteiger partial charge in [0.05, 0.1) is 6.04 Å². The van der Waals surface area contributed by atoms with E-state index in [1.54, 1.807) is 12.1 Å². The molecule has 1 aromatic heterocycles. The number of ether oxygens (including phenoxy) is 1. The number of hydrogen-bond acceptors (Lipinski definition) is 6. The lowest BCUT2D eigenvalue weighted by atomic mass is 10.2. The number of halogens is 1. The third-order valence-corrected chi connectivity index (χ3v) is 4.45. The molecule has 1 atom stereocenters. The molecular weight excluding hydrogens is 419 g/mol. The number of nitrogens with one attached hydrogen (secondary N) is 3. The average molecular weight is 440 g/mol. The topological polar surface area (TPSA) is 133 Å². The molecule has 0 fully saturated rings. The third kappa shape index (κ3) is 5.91. The SMILES string of the molecule is CC(NC(=O)OCc1ccccc1)c1nc(C(=O)NCc2ccc(F)cc2)c(O)c(=O)[nH]1. The lowest BCUT2D eigenvalue weighted by molar-refractivity contribution is 0.0942. The Morgan fingerprint density at radius 2 is 1.81 bits per heavy atom. The molecule has 0 radical (unpaired) electrons. The third-order valence-electron chi connectivity index (χ3n) is 4.45. The molecule has 3 aromatic rings. The maximum absolute atomic E-state index is 13.0.